The molecule has 0 bridgehead atoms. The molecule has 5 heteroatoms. The zero-order valence-electron chi connectivity index (χ0n) is 11.6. The Labute approximate surface area is 117 Å². The van der Waals surface area contributed by atoms with Gasteiger partial charge in [-0.1, -0.05) is 12.1 Å². The summed E-state index contributed by atoms with van der Waals surface area (Å²) in [6, 6.07) is 8.56. The molecule has 2 N–H and O–H groups in total. The normalized spacial score (nSPS) is 14.3. The van der Waals surface area contributed by atoms with Gasteiger partial charge in [-0.15, -0.1) is 11.3 Å². The fourth-order valence-electron chi connectivity index (χ4n) is 1.94. The van der Waals surface area contributed by atoms with E-state index in [0.717, 1.165) is 17.1 Å². The molecule has 2 aromatic rings. The number of quaternary nitrogens is 1. The van der Waals surface area contributed by atoms with Crippen molar-refractivity contribution in [1.82, 2.24) is 10.3 Å². The molecule has 0 radical (unpaired) electrons. The third kappa shape index (κ3) is 3.52. The Hall–Kier alpha value is -1.46. The van der Waals surface area contributed by atoms with Crippen molar-refractivity contribution in [2.24, 2.45) is 0 Å². The van der Waals surface area contributed by atoms with E-state index in [1.54, 1.807) is 18.3 Å². The molecule has 0 fully saturated rings. The molecule has 102 valence electrons. The van der Waals surface area contributed by atoms with Crippen molar-refractivity contribution in [3.05, 3.63) is 29.3 Å². The van der Waals surface area contributed by atoms with Crippen molar-refractivity contribution >= 4 is 27.5 Å². The van der Waals surface area contributed by atoms with Gasteiger partial charge < -0.3 is 10.2 Å². The SMILES string of the molecule is CC(=O)NCC[NH+](C)[C@@H](C)c1nc2ccccc2s1. The monoisotopic (exact) mass is 278 g/mol. The van der Waals surface area contributed by atoms with Crippen LogP contribution in [0.2, 0.25) is 0 Å². The average molecular weight is 278 g/mol. The Kier molecular flexibility index (Phi) is 4.50. The minimum atomic E-state index is 0.0282. The number of fused-ring (bicyclic) bond motifs is 1. The standard InChI is InChI=1S/C14H19N3OS/c1-10(17(3)9-8-15-11(2)18)14-16-12-6-4-5-7-13(12)19-14/h4-7,10H,8-9H2,1-3H3,(H,15,18)/p+1/t10-/m0/s1. The zero-order chi connectivity index (χ0) is 13.8. The van der Waals surface area contributed by atoms with E-state index < -0.39 is 0 Å². The second-order valence-corrected chi connectivity index (χ2v) is 5.88. The summed E-state index contributed by atoms with van der Waals surface area (Å²) in [6.07, 6.45) is 0. The van der Waals surface area contributed by atoms with Crippen molar-refractivity contribution in [3.63, 3.8) is 0 Å². The Morgan fingerprint density at radius 1 is 1.47 bits per heavy atom. The van der Waals surface area contributed by atoms with Crippen molar-refractivity contribution in [2.75, 3.05) is 20.1 Å². The van der Waals surface area contributed by atoms with E-state index in [-0.39, 0.29) is 5.91 Å². The molecule has 1 aromatic carbocycles. The molecule has 2 rings (SSSR count). The molecule has 2 atom stereocenters. The molecule has 4 nitrogen and oxygen atoms in total. The third-order valence-electron chi connectivity index (χ3n) is 3.31. The average Bonchev–Trinajstić information content (AvgIpc) is 2.80. The van der Waals surface area contributed by atoms with Gasteiger partial charge in [0.15, 0.2) is 5.01 Å². The number of carbonyl (C=O) groups excluding carboxylic acids is 1. The van der Waals surface area contributed by atoms with Crippen molar-refractivity contribution in [3.8, 4) is 0 Å². The number of benzene rings is 1. The Balaban J connectivity index is 2.01. The number of hydrogen-bond acceptors (Lipinski definition) is 3. The van der Waals surface area contributed by atoms with Gasteiger partial charge in [-0.25, -0.2) is 4.98 Å². The molecule has 0 saturated carbocycles. The first-order valence-electron chi connectivity index (χ1n) is 6.50. The highest BCUT2D eigenvalue weighted by Gasteiger charge is 2.19. The molecule has 0 spiro atoms. The summed E-state index contributed by atoms with van der Waals surface area (Å²) in [6.45, 7) is 5.33. The van der Waals surface area contributed by atoms with Crippen LogP contribution in [0, 0.1) is 0 Å². The lowest BCUT2D eigenvalue weighted by molar-refractivity contribution is -0.909. The van der Waals surface area contributed by atoms with Crippen LogP contribution < -0.4 is 10.2 Å². The van der Waals surface area contributed by atoms with Gasteiger partial charge >= 0.3 is 0 Å². The molecular weight excluding hydrogens is 258 g/mol. The highest BCUT2D eigenvalue weighted by atomic mass is 32.1. The molecule has 0 aliphatic carbocycles. The summed E-state index contributed by atoms with van der Waals surface area (Å²) in [5.41, 5.74) is 1.07. The van der Waals surface area contributed by atoms with Gasteiger partial charge in [0.05, 0.1) is 30.4 Å². The van der Waals surface area contributed by atoms with Gasteiger partial charge in [0.1, 0.15) is 6.04 Å². The smallest absolute Gasteiger partial charge is 0.217 e. The lowest BCUT2D eigenvalue weighted by Gasteiger charge is -2.19. The van der Waals surface area contributed by atoms with Crippen molar-refractivity contribution in [1.29, 1.82) is 0 Å². The maximum absolute atomic E-state index is 10.9. The second-order valence-electron chi connectivity index (χ2n) is 4.82. The first-order chi connectivity index (χ1) is 9.08. The van der Waals surface area contributed by atoms with E-state index in [1.165, 1.54) is 9.60 Å². The predicted molar refractivity (Wildman–Crippen MR) is 78.5 cm³/mol. The number of hydrogen-bond donors (Lipinski definition) is 2. The number of amides is 1. The summed E-state index contributed by atoms with van der Waals surface area (Å²) in [5.74, 6) is 0.0282. The fraction of sp³-hybridized carbons (Fsp3) is 0.429. The number of rotatable bonds is 5. The predicted octanol–water partition coefficient (Wildman–Crippen LogP) is 1.01. The van der Waals surface area contributed by atoms with E-state index in [9.17, 15) is 4.79 Å². The molecule has 0 saturated heterocycles. The molecule has 19 heavy (non-hydrogen) atoms. The fourth-order valence-corrected chi connectivity index (χ4v) is 3.05. The summed E-state index contributed by atoms with van der Waals surface area (Å²) in [4.78, 5) is 16.9. The number of aromatic nitrogens is 1. The van der Waals surface area contributed by atoms with Crippen LogP contribution in [0.4, 0.5) is 0 Å². The maximum Gasteiger partial charge on any atom is 0.217 e. The number of likely N-dealkylation sites (N-methyl/N-ethyl adjacent to an activating group) is 1. The Bertz CT molecular complexity index is 534. The number of nitrogens with one attached hydrogen (secondary N) is 2. The number of carbonyl (C=O) groups is 1. The second kappa shape index (κ2) is 6.12. The lowest BCUT2D eigenvalue weighted by Crippen LogP contribution is -3.09. The minimum Gasteiger partial charge on any atom is -0.351 e. The number of para-hydroxylation sites is 1. The lowest BCUT2D eigenvalue weighted by atomic mass is 10.3. The van der Waals surface area contributed by atoms with Gasteiger partial charge in [-0.3, -0.25) is 4.79 Å². The van der Waals surface area contributed by atoms with Crippen LogP contribution in [0.1, 0.15) is 24.9 Å². The van der Waals surface area contributed by atoms with E-state index in [0.29, 0.717) is 12.6 Å². The van der Waals surface area contributed by atoms with Gasteiger partial charge in [-0.2, -0.15) is 0 Å². The van der Waals surface area contributed by atoms with Crippen LogP contribution >= 0.6 is 11.3 Å². The molecule has 1 heterocycles. The molecule has 1 aromatic heterocycles. The van der Waals surface area contributed by atoms with Crippen LogP contribution in [-0.4, -0.2) is 31.0 Å². The molecule has 1 amide bonds. The number of nitrogens with zero attached hydrogens (tertiary/aromatic N) is 1. The summed E-state index contributed by atoms with van der Waals surface area (Å²) in [5, 5.41) is 3.99. The first-order valence-corrected chi connectivity index (χ1v) is 7.32. The highest BCUT2D eigenvalue weighted by Crippen LogP contribution is 2.24. The molecule has 1 unspecified atom stereocenters. The molecule has 0 aliphatic rings. The summed E-state index contributed by atoms with van der Waals surface area (Å²) < 4.78 is 1.24. The molecule has 0 aliphatic heterocycles. The van der Waals surface area contributed by atoms with Crippen molar-refractivity contribution < 1.29 is 9.69 Å². The maximum atomic E-state index is 10.9. The number of thiazole rings is 1. The quantitative estimate of drug-likeness (QED) is 0.857. The third-order valence-corrected chi connectivity index (χ3v) is 4.53. The van der Waals surface area contributed by atoms with Gasteiger partial charge in [0.25, 0.3) is 0 Å². The van der Waals surface area contributed by atoms with Gasteiger partial charge in [-0.05, 0) is 19.1 Å². The van der Waals surface area contributed by atoms with Crippen LogP contribution in [0.15, 0.2) is 24.3 Å². The Morgan fingerprint density at radius 3 is 2.89 bits per heavy atom. The van der Waals surface area contributed by atoms with E-state index in [1.807, 2.05) is 12.1 Å². The van der Waals surface area contributed by atoms with Crippen molar-refractivity contribution in [2.45, 2.75) is 19.9 Å². The molecular formula is C14H20N3OS+. The van der Waals surface area contributed by atoms with E-state index in [2.05, 4.69) is 36.4 Å². The topological polar surface area (TPSA) is 46.4 Å². The zero-order valence-corrected chi connectivity index (χ0v) is 12.4. The van der Waals surface area contributed by atoms with E-state index >= 15 is 0 Å². The van der Waals surface area contributed by atoms with Gasteiger partial charge in [0.2, 0.25) is 5.91 Å². The highest BCUT2D eigenvalue weighted by molar-refractivity contribution is 7.18. The van der Waals surface area contributed by atoms with E-state index in [4.69, 9.17) is 0 Å². The minimum absolute atomic E-state index is 0.0282. The van der Waals surface area contributed by atoms with Gasteiger partial charge in [0, 0.05) is 6.92 Å². The summed E-state index contributed by atoms with van der Waals surface area (Å²) in [7, 11) is 2.14. The van der Waals surface area contributed by atoms with Crippen LogP contribution in [-0.2, 0) is 4.79 Å². The van der Waals surface area contributed by atoms with Crippen LogP contribution in [0.3, 0.4) is 0 Å². The van der Waals surface area contributed by atoms with Crippen LogP contribution in [0.5, 0.6) is 0 Å². The van der Waals surface area contributed by atoms with Crippen LogP contribution in [0.25, 0.3) is 10.2 Å². The first kappa shape index (κ1) is 14.0. The summed E-state index contributed by atoms with van der Waals surface area (Å²) >= 11 is 1.75. The Morgan fingerprint density at radius 2 is 2.21 bits per heavy atom. The largest absolute Gasteiger partial charge is 0.351 e.